The number of carbonyl (C=O) groups excluding carboxylic acids is 1. The monoisotopic (exact) mass is 340 g/mol. The number of sulfonamides is 1. The molecular formula is C12H21ClN2O5S. The summed E-state index contributed by atoms with van der Waals surface area (Å²) in [5, 5.41) is 3.08. The van der Waals surface area contributed by atoms with Crippen LogP contribution in [0.2, 0.25) is 0 Å². The molecule has 0 amide bonds. The van der Waals surface area contributed by atoms with E-state index in [0.29, 0.717) is 6.54 Å². The molecule has 0 saturated heterocycles. The second-order valence-electron chi connectivity index (χ2n) is 4.17. The van der Waals surface area contributed by atoms with Gasteiger partial charge in [-0.1, -0.05) is 6.92 Å². The molecule has 9 heteroatoms. The fourth-order valence-corrected chi connectivity index (χ4v) is 2.80. The lowest BCUT2D eigenvalue weighted by atomic mass is 10.4. The Morgan fingerprint density at radius 1 is 1.33 bits per heavy atom. The topological polar surface area (TPSA) is 97.6 Å². The van der Waals surface area contributed by atoms with Gasteiger partial charge in [0.15, 0.2) is 0 Å². The maximum absolute atomic E-state index is 12.1. The lowest BCUT2D eigenvalue weighted by Gasteiger charge is -2.06. The van der Waals surface area contributed by atoms with Gasteiger partial charge in [0, 0.05) is 19.2 Å². The fraction of sp³-hybridized carbons (Fsp3) is 0.583. The number of hydrogen-bond donors (Lipinski definition) is 2. The number of ether oxygens (including phenoxy) is 1. The summed E-state index contributed by atoms with van der Waals surface area (Å²) in [6, 6.07) is 1.17. The van der Waals surface area contributed by atoms with Crippen LogP contribution in [-0.4, -0.2) is 41.1 Å². The zero-order valence-electron chi connectivity index (χ0n) is 12.3. The Labute approximate surface area is 130 Å². The molecule has 1 aromatic rings. The van der Waals surface area contributed by atoms with Crippen LogP contribution in [0.15, 0.2) is 15.4 Å². The number of carbonyl (C=O) groups is 1. The first-order chi connectivity index (χ1) is 9.42. The molecule has 0 bridgehead atoms. The zero-order chi connectivity index (χ0) is 15.2. The first kappa shape index (κ1) is 19.9. The van der Waals surface area contributed by atoms with Crippen molar-refractivity contribution in [3.05, 3.63) is 17.6 Å². The number of furan rings is 1. The molecule has 2 N–H and O–H groups in total. The molecule has 0 unspecified atom stereocenters. The van der Waals surface area contributed by atoms with Gasteiger partial charge in [-0.05, 0) is 19.9 Å². The van der Waals surface area contributed by atoms with Gasteiger partial charge in [0.2, 0.25) is 15.8 Å². The highest BCUT2D eigenvalue weighted by Crippen LogP contribution is 2.20. The van der Waals surface area contributed by atoms with Gasteiger partial charge in [0.1, 0.15) is 10.7 Å². The SMILES string of the molecule is CCCNCCNS(=O)(=O)c1cc(C(=O)OC)oc1C.Cl. The van der Waals surface area contributed by atoms with E-state index in [1.165, 1.54) is 20.1 Å². The minimum absolute atomic E-state index is 0. The molecule has 0 fully saturated rings. The molecule has 0 aliphatic rings. The Bertz CT molecular complexity index is 556. The van der Waals surface area contributed by atoms with Crippen LogP contribution in [0.1, 0.15) is 29.7 Å². The van der Waals surface area contributed by atoms with Crippen LogP contribution in [-0.2, 0) is 14.8 Å². The standard InChI is InChI=1S/C12H20N2O5S.ClH/c1-4-5-13-6-7-14-20(16,17)11-8-10(12(15)18-3)19-9(11)2;/h8,13-14H,4-7H2,1-3H3;1H. The van der Waals surface area contributed by atoms with Crippen molar-refractivity contribution in [3.63, 3.8) is 0 Å². The number of nitrogens with one attached hydrogen (secondary N) is 2. The van der Waals surface area contributed by atoms with Gasteiger partial charge in [0.05, 0.1) is 7.11 Å². The Kier molecular flexibility index (Phi) is 8.57. The van der Waals surface area contributed by atoms with Crippen molar-refractivity contribution in [3.8, 4) is 0 Å². The second kappa shape index (κ2) is 9.04. The largest absolute Gasteiger partial charge is 0.463 e. The van der Waals surface area contributed by atoms with Crippen LogP contribution in [0.25, 0.3) is 0 Å². The molecule has 0 spiro atoms. The van der Waals surface area contributed by atoms with E-state index >= 15 is 0 Å². The zero-order valence-corrected chi connectivity index (χ0v) is 13.9. The Morgan fingerprint density at radius 3 is 2.57 bits per heavy atom. The summed E-state index contributed by atoms with van der Waals surface area (Å²) in [6.45, 7) is 5.14. The molecule has 1 aromatic heterocycles. The van der Waals surface area contributed by atoms with Gasteiger partial charge in [-0.2, -0.15) is 0 Å². The Hall–Kier alpha value is -1.09. The van der Waals surface area contributed by atoms with Crippen molar-refractivity contribution in [2.75, 3.05) is 26.7 Å². The van der Waals surface area contributed by atoms with Gasteiger partial charge in [0.25, 0.3) is 0 Å². The first-order valence-corrected chi connectivity index (χ1v) is 7.79. The molecule has 122 valence electrons. The minimum Gasteiger partial charge on any atom is -0.463 e. The number of halogens is 1. The van der Waals surface area contributed by atoms with Crippen molar-refractivity contribution in [1.82, 2.24) is 10.0 Å². The average Bonchev–Trinajstić information content (AvgIpc) is 2.80. The summed E-state index contributed by atoms with van der Waals surface area (Å²) in [4.78, 5) is 11.2. The maximum Gasteiger partial charge on any atom is 0.373 e. The molecule has 0 aliphatic carbocycles. The van der Waals surface area contributed by atoms with Crippen molar-refractivity contribution < 1.29 is 22.4 Å². The van der Waals surface area contributed by atoms with Crippen LogP contribution >= 0.6 is 12.4 Å². The van der Waals surface area contributed by atoms with E-state index in [2.05, 4.69) is 14.8 Å². The van der Waals surface area contributed by atoms with Crippen LogP contribution in [0.3, 0.4) is 0 Å². The van der Waals surface area contributed by atoms with E-state index in [9.17, 15) is 13.2 Å². The molecule has 21 heavy (non-hydrogen) atoms. The van der Waals surface area contributed by atoms with Crippen molar-refractivity contribution in [2.45, 2.75) is 25.2 Å². The highest BCUT2D eigenvalue weighted by atomic mass is 35.5. The molecule has 0 radical (unpaired) electrons. The highest BCUT2D eigenvalue weighted by molar-refractivity contribution is 7.89. The van der Waals surface area contributed by atoms with E-state index in [0.717, 1.165) is 13.0 Å². The second-order valence-corrected chi connectivity index (χ2v) is 5.91. The van der Waals surface area contributed by atoms with Gasteiger partial charge >= 0.3 is 5.97 Å². The average molecular weight is 341 g/mol. The molecule has 1 heterocycles. The summed E-state index contributed by atoms with van der Waals surface area (Å²) in [7, 11) is -2.49. The van der Waals surface area contributed by atoms with Gasteiger partial charge in [-0.15, -0.1) is 12.4 Å². The number of methoxy groups -OCH3 is 1. The Morgan fingerprint density at radius 2 is 2.00 bits per heavy atom. The quantitative estimate of drug-likeness (QED) is 0.542. The molecule has 0 aliphatic heterocycles. The van der Waals surface area contributed by atoms with Gasteiger partial charge < -0.3 is 14.5 Å². The smallest absolute Gasteiger partial charge is 0.373 e. The van der Waals surface area contributed by atoms with E-state index in [1.54, 1.807) is 0 Å². The van der Waals surface area contributed by atoms with Crippen molar-refractivity contribution >= 4 is 28.4 Å². The molecule has 7 nitrogen and oxygen atoms in total. The summed E-state index contributed by atoms with van der Waals surface area (Å²) >= 11 is 0. The van der Waals surface area contributed by atoms with Crippen molar-refractivity contribution in [2.24, 2.45) is 0 Å². The summed E-state index contributed by atoms with van der Waals surface area (Å²) in [5.41, 5.74) is 0. The summed E-state index contributed by atoms with van der Waals surface area (Å²) in [6.07, 6.45) is 0.982. The van der Waals surface area contributed by atoms with Crippen molar-refractivity contribution in [1.29, 1.82) is 0 Å². The lowest BCUT2D eigenvalue weighted by molar-refractivity contribution is 0.0563. The van der Waals surface area contributed by atoms with Crippen LogP contribution in [0.5, 0.6) is 0 Å². The summed E-state index contributed by atoms with van der Waals surface area (Å²) in [5.74, 6) is -0.687. The van der Waals surface area contributed by atoms with Crippen LogP contribution in [0, 0.1) is 6.92 Å². The molecule has 1 rings (SSSR count). The molecule has 0 aromatic carbocycles. The first-order valence-electron chi connectivity index (χ1n) is 6.31. The van der Waals surface area contributed by atoms with E-state index in [4.69, 9.17) is 4.42 Å². The Balaban J connectivity index is 0.00000400. The minimum atomic E-state index is -3.69. The molecular weight excluding hydrogens is 320 g/mol. The third kappa shape index (κ3) is 5.66. The molecule has 0 atom stereocenters. The molecule has 0 saturated carbocycles. The fourth-order valence-electron chi connectivity index (χ4n) is 1.59. The lowest BCUT2D eigenvalue weighted by Crippen LogP contribution is -2.32. The predicted octanol–water partition coefficient (Wildman–Crippen LogP) is 1.07. The van der Waals surface area contributed by atoms with E-state index < -0.39 is 16.0 Å². The van der Waals surface area contributed by atoms with E-state index in [1.807, 2.05) is 6.92 Å². The third-order valence-electron chi connectivity index (χ3n) is 2.57. The van der Waals surface area contributed by atoms with E-state index in [-0.39, 0.29) is 35.4 Å². The third-order valence-corrected chi connectivity index (χ3v) is 4.14. The van der Waals surface area contributed by atoms with Gasteiger partial charge in [-0.3, -0.25) is 0 Å². The van der Waals surface area contributed by atoms with Gasteiger partial charge in [-0.25, -0.2) is 17.9 Å². The number of aryl methyl sites for hydroxylation is 1. The maximum atomic E-state index is 12.1. The number of esters is 1. The highest BCUT2D eigenvalue weighted by Gasteiger charge is 2.23. The number of rotatable bonds is 8. The summed E-state index contributed by atoms with van der Waals surface area (Å²) < 4.78 is 36.1. The number of hydrogen-bond acceptors (Lipinski definition) is 6. The predicted molar refractivity (Wildman–Crippen MR) is 80.4 cm³/mol. The van der Waals surface area contributed by atoms with Crippen LogP contribution < -0.4 is 10.0 Å². The normalized spacial score (nSPS) is 11.0. The van der Waals surface area contributed by atoms with Crippen LogP contribution in [0.4, 0.5) is 0 Å².